The minimum absolute atomic E-state index is 0.0449. The third kappa shape index (κ3) is 4.31. The number of phenols is 8. The lowest BCUT2D eigenvalue weighted by atomic mass is 10.0. The summed E-state index contributed by atoms with van der Waals surface area (Å²) in [5.74, 6) is -4.11. The molecule has 0 amide bonds. The summed E-state index contributed by atoms with van der Waals surface area (Å²) < 4.78 is 6.50. The highest BCUT2D eigenvalue weighted by atomic mass is 79.9. The van der Waals surface area contributed by atoms with E-state index in [0.717, 1.165) is 24.3 Å². The molecule has 0 saturated carbocycles. The quantitative estimate of drug-likeness (QED) is 0.130. The van der Waals surface area contributed by atoms with Gasteiger partial charge in [-0.25, -0.2) is 0 Å². The van der Waals surface area contributed by atoms with Crippen LogP contribution in [-0.2, 0) is 0 Å². The van der Waals surface area contributed by atoms with Gasteiger partial charge in [-0.1, -0.05) is 31.9 Å². The first kappa shape index (κ1) is 24.2. The molecule has 180 valence electrons. The molecule has 0 heterocycles. The Kier molecular flexibility index (Phi) is 6.22. The van der Waals surface area contributed by atoms with Crippen LogP contribution in [0.5, 0.6) is 57.5 Å². The van der Waals surface area contributed by atoms with Gasteiger partial charge in [0.15, 0.2) is 46.0 Å². The van der Waals surface area contributed by atoms with Gasteiger partial charge in [-0.15, -0.1) is 0 Å². The first-order chi connectivity index (χ1) is 16.5. The van der Waals surface area contributed by atoms with Gasteiger partial charge in [-0.2, -0.15) is 0 Å². The molecule has 0 bridgehead atoms. The van der Waals surface area contributed by atoms with Crippen molar-refractivity contribution in [3.8, 4) is 79.7 Å². The molecule has 0 spiro atoms. The number of aromatic hydroxyl groups is 8. The van der Waals surface area contributed by atoms with Gasteiger partial charge in [-0.3, -0.25) is 0 Å². The van der Waals surface area contributed by atoms with Gasteiger partial charge in [0.25, 0.3) is 0 Å². The number of halogens is 2. The fraction of sp³-hybridized carbons (Fsp3) is 0. The number of benzene rings is 4. The summed E-state index contributed by atoms with van der Waals surface area (Å²) in [7, 11) is 0. The molecule has 4 rings (SSSR count). The van der Waals surface area contributed by atoms with Crippen LogP contribution in [0.15, 0.2) is 57.5 Å². The van der Waals surface area contributed by atoms with E-state index in [-0.39, 0.29) is 42.7 Å². The highest BCUT2D eigenvalue weighted by molar-refractivity contribution is 9.11. The Morgan fingerprint density at radius 2 is 0.800 bits per heavy atom. The van der Waals surface area contributed by atoms with Crippen LogP contribution in [0.25, 0.3) is 22.3 Å². The summed E-state index contributed by atoms with van der Waals surface area (Å²) in [6, 6.07) is 9.61. The van der Waals surface area contributed by atoms with Crippen LogP contribution >= 0.6 is 31.9 Å². The van der Waals surface area contributed by atoms with E-state index in [9.17, 15) is 40.9 Å². The van der Waals surface area contributed by atoms with E-state index in [0.29, 0.717) is 0 Å². The molecule has 0 fully saturated rings. The maximum atomic E-state index is 10.6. The van der Waals surface area contributed by atoms with E-state index in [1.165, 1.54) is 24.3 Å². The predicted octanol–water partition coefficient (Wildman–Crippen LogP) is 5.98. The van der Waals surface area contributed by atoms with E-state index < -0.39 is 46.0 Å². The molecule has 11 heteroatoms. The van der Waals surface area contributed by atoms with Crippen LogP contribution in [0.4, 0.5) is 0 Å². The van der Waals surface area contributed by atoms with Gasteiger partial charge < -0.3 is 45.6 Å². The molecule has 4 aromatic carbocycles. The second-order valence-electron chi connectivity index (χ2n) is 7.36. The van der Waals surface area contributed by atoms with Crippen LogP contribution in [-0.4, -0.2) is 40.9 Å². The Bertz CT molecular complexity index is 1370. The van der Waals surface area contributed by atoms with Crippen LogP contribution in [0.1, 0.15) is 0 Å². The van der Waals surface area contributed by atoms with Crippen molar-refractivity contribution in [2.24, 2.45) is 0 Å². The average molecular weight is 608 g/mol. The molecule has 35 heavy (non-hydrogen) atoms. The van der Waals surface area contributed by atoms with Crippen LogP contribution in [0, 0.1) is 0 Å². The van der Waals surface area contributed by atoms with Crippen molar-refractivity contribution in [2.45, 2.75) is 0 Å². The fourth-order valence-electron chi connectivity index (χ4n) is 3.42. The van der Waals surface area contributed by atoms with Gasteiger partial charge in [0, 0.05) is 20.1 Å². The first-order valence-corrected chi connectivity index (χ1v) is 11.3. The molecule has 0 aromatic heterocycles. The minimum Gasteiger partial charge on any atom is -0.504 e. The zero-order chi connectivity index (χ0) is 25.6. The van der Waals surface area contributed by atoms with Gasteiger partial charge >= 0.3 is 0 Å². The zero-order valence-corrected chi connectivity index (χ0v) is 20.5. The first-order valence-electron chi connectivity index (χ1n) is 9.71. The lowest BCUT2D eigenvalue weighted by molar-refractivity contribution is 0.394. The van der Waals surface area contributed by atoms with E-state index in [4.69, 9.17) is 4.74 Å². The summed E-state index contributed by atoms with van der Waals surface area (Å²) in [5.41, 5.74) is 0.157. The van der Waals surface area contributed by atoms with Crippen molar-refractivity contribution < 1.29 is 45.6 Å². The maximum absolute atomic E-state index is 10.6. The second kappa shape index (κ2) is 9.01. The predicted molar refractivity (Wildman–Crippen MR) is 133 cm³/mol. The SMILES string of the molecule is Oc1cc(Br)c(-c2c(Oc3ccc(O)c(O)c3-c3cc(O)c(O)cc3Br)ccc(O)c2O)cc1O. The van der Waals surface area contributed by atoms with Gasteiger partial charge in [0.1, 0.15) is 11.5 Å². The maximum Gasteiger partial charge on any atom is 0.169 e. The van der Waals surface area contributed by atoms with Crippen molar-refractivity contribution in [1.82, 2.24) is 0 Å². The van der Waals surface area contributed by atoms with Gasteiger partial charge in [-0.05, 0) is 48.5 Å². The summed E-state index contributed by atoms with van der Waals surface area (Å²) >= 11 is 6.49. The summed E-state index contributed by atoms with van der Waals surface area (Å²) in [5, 5.41) is 81.0. The van der Waals surface area contributed by atoms with Crippen molar-refractivity contribution in [3.05, 3.63) is 57.5 Å². The third-order valence-corrected chi connectivity index (χ3v) is 6.44. The normalized spacial score (nSPS) is 10.9. The zero-order valence-electron chi connectivity index (χ0n) is 17.4. The molecule has 0 aliphatic carbocycles. The summed E-state index contributed by atoms with van der Waals surface area (Å²) in [6.45, 7) is 0. The molecule has 0 atom stereocenters. The van der Waals surface area contributed by atoms with Crippen LogP contribution < -0.4 is 4.74 Å². The Morgan fingerprint density at radius 3 is 1.17 bits per heavy atom. The molecule has 0 aliphatic rings. The highest BCUT2D eigenvalue weighted by Crippen LogP contribution is 2.52. The minimum atomic E-state index is -0.596. The fourth-order valence-corrected chi connectivity index (χ4v) is 4.48. The Morgan fingerprint density at radius 1 is 0.457 bits per heavy atom. The molecule has 0 unspecified atom stereocenters. The molecule has 4 aromatic rings. The largest absolute Gasteiger partial charge is 0.504 e. The van der Waals surface area contributed by atoms with Crippen molar-refractivity contribution >= 4 is 31.9 Å². The second-order valence-corrected chi connectivity index (χ2v) is 9.07. The Balaban J connectivity index is 1.96. The van der Waals surface area contributed by atoms with E-state index in [1.807, 2.05) is 0 Å². The molecule has 0 radical (unpaired) electrons. The molecule has 8 N–H and O–H groups in total. The number of hydrogen-bond acceptors (Lipinski definition) is 9. The topological polar surface area (TPSA) is 171 Å². The number of rotatable bonds is 4. The van der Waals surface area contributed by atoms with Gasteiger partial charge in [0.05, 0.1) is 11.1 Å². The monoisotopic (exact) mass is 606 g/mol. The van der Waals surface area contributed by atoms with E-state index >= 15 is 0 Å². The number of hydrogen-bond donors (Lipinski definition) is 8. The molecular weight excluding hydrogens is 592 g/mol. The van der Waals surface area contributed by atoms with Crippen molar-refractivity contribution in [2.75, 3.05) is 0 Å². The standard InChI is InChI=1S/C24H16Br2O9/c25-11-7-17(31)15(29)5-9(11)21-19(3-1-13(27)23(21)33)35-20-4-2-14(28)24(34)22(20)10-6-16(30)18(32)8-12(10)26/h1-8,27-34H. The van der Waals surface area contributed by atoms with Crippen LogP contribution in [0.3, 0.4) is 0 Å². The van der Waals surface area contributed by atoms with Crippen molar-refractivity contribution in [3.63, 3.8) is 0 Å². The molecule has 0 aliphatic heterocycles. The van der Waals surface area contributed by atoms with E-state index in [1.54, 1.807) is 0 Å². The average Bonchev–Trinajstić information content (AvgIpc) is 2.80. The summed E-state index contributed by atoms with van der Waals surface area (Å²) in [4.78, 5) is 0. The Hall–Kier alpha value is -3.96. The lowest BCUT2D eigenvalue weighted by Crippen LogP contribution is -1.94. The number of ether oxygens (including phenoxy) is 1. The highest BCUT2D eigenvalue weighted by Gasteiger charge is 2.24. The van der Waals surface area contributed by atoms with Gasteiger partial charge in [0.2, 0.25) is 0 Å². The molecule has 0 saturated heterocycles. The van der Waals surface area contributed by atoms with Crippen LogP contribution in [0.2, 0.25) is 0 Å². The number of phenolic OH excluding ortho intramolecular Hbond substituents is 8. The van der Waals surface area contributed by atoms with Crippen molar-refractivity contribution in [1.29, 1.82) is 0 Å². The third-order valence-electron chi connectivity index (χ3n) is 5.12. The molecule has 9 nitrogen and oxygen atoms in total. The molecular formula is C24H16Br2O9. The lowest BCUT2D eigenvalue weighted by Gasteiger charge is -2.19. The Labute approximate surface area is 214 Å². The summed E-state index contributed by atoms with van der Waals surface area (Å²) in [6.07, 6.45) is 0. The van der Waals surface area contributed by atoms with E-state index in [2.05, 4.69) is 31.9 Å². The smallest absolute Gasteiger partial charge is 0.169 e.